The zero-order chi connectivity index (χ0) is 13.0. The number of hydrogen-bond acceptors (Lipinski definition) is 2. The number of hydrogen-bond donors (Lipinski definition) is 2. The number of nitrogens with one attached hydrogen (secondary N) is 1. The van der Waals surface area contributed by atoms with Gasteiger partial charge >= 0.3 is 0 Å². The summed E-state index contributed by atoms with van der Waals surface area (Å²) in [5.41, 5.74) is 6.06. The van der Waals surface area contributed by atoms with E-state index in [4.69, 9.17) is 5.73 Å². The molecule has 2 unspecified atom stereocenters. The van der Waals surface area contributed by atoms with Gasteiger partial charge in [0.2, 0.25) is 11.8 Å². The number of amides is 2. The summed E-state index contributed by atoms with van der Waals surface area (Å²) in [5.74, 6) is -1.45. The number of carbonyl (C=O) groups is 2. The molecule has 0 bridgehead atoms. The third kappa shape index (κ3) is 2.77. The van der Waals surface area contributed by atoms with Crippen molar-refractivity contribution in [2.24, 2.45) is 17.6 Å². The number of benzene rings is 1. The molecular formula is C14H16N2O2. The summed E-state index contributed by atoms with van der Waals surface area (Å²) < 4.78 is 0. The fraction of sp³-hybridized carbons (Fsp3) is 0.286. The molecule has 1 aliphatic carbocycles. The molecule has 0 heterocycles. The number of anilines is 1. The predicted molar refractivity (Wildman–Crippen MR) is 69.6 cm³/mol. The Balaban J connectivity index is 2.10. The first kappa shape index (κ1) is 12.4. The molecule has 0 aromatic heterocycles. The van der Waals surface area contributed by atoms with Crippen molar-refractivity contribution in [3.8, 4) is 0 Å². The van der Waals surface area contributed by atoms with E-state index in [-0.39, 0.29) is 5.91 Å². The molecule has 2 rings (SSSR count). The number of carbonyl (C=O) groups excluding carboxylic acids is 2. The van der Waals surface area contributed by atoms with Gasteiger partial charge in [0.25, 0.3) is 0 Å². The maximum Gasteiger partial charge on any atom is 0.232 e. The van der Waals surface area contributed by atoms with E-state index < -0.39 is 17.7 Å². The molecule has 3 N–H and O–H groups in total. The molecule has 1 aliphatic rings. The SMILES string of the molecule is NC(=O)C1CCC=CC1C(=O)Nc1ccccc1. The zero-order valence-electron chi connectivity index (χ0n) is 10.0. The normalized spacial score (nSPS) is 22.4. The van der Waals surface area contributed by atoms with Gasteiger partial charge < -0.3 is 11.1 Å². The van der Waals surface area contributed by atoms with Crippen LogP contribution in [0.15, 0.2) is 42.5 Å². The van der Waals surface area contributed by atoms with Crippen molar-refractivity contribution in [1.29, 1.82) is 0 Å². The van der Waals surface area contributed by atoms with E-state index in [1.165, 1.54) is 0 Å². The third-order valence-corrected chi connectivity index (χ3v) is 3.13. The quantitative estimate of drug-likeness (QED) is 0.794. The largest absolute Gasteiger partial charge is 0.369 e. The molecule has 4 nitrogen and oxygen atoms in total. The van der Waals surface area contributed by atoms with E-state index >= 15 is 0 Å². The van der Waals surface area contributed by atoms with Gasteiger partial charge in [-0.2, -0.15) is 0 Å². The van der Waals surface area contributed by atoms with Crippen molar-refractivity contribution >= 4 is 17.5 Å². The summed E-state index contributed by atoms with van der Waals surface area (Å²) in [4.78, 5) is 23.4. The lowest BCUT2D eigenvalue weighted by molar-refractivity contribution is -0.129. The fourth-order valence-corrected chi connectivity index (χ4v) is 2.17. The highest BCUT2D eigenvalue weighted by molar-refractivity contribution is 5.97. The molecule has 0 fully saturated rings. The maximum atomic E-state index is 12.1. The first-order chi connectivity index (χ1) is 8.68. The lowest BCUT2D eigenvalue weighted by Crippen LogP contribution is -2.37. The Bertz CT molecular complexity index is 468. The van der Waals surface area contributed by atoms with Gasteiger partial charge in [-0.25, -0.2) is 0 Å². The minimum absolute atomic E-state index is 0.180. The van der Waals surface area contributed by atoms with Crippen LogP contribution in [0.3, 0.4) is 0 Å². The molecular weight excluding hydrogens is 228 g/mol. The molecule has 2 atom stereocenters. The highest BCUT2D eigenvalue weighted by atomic mass is 16.2. The van der Waals surface area contributed by atoms with Gasteiger partial charge in [-0.3, -0.25) is 9.59 Å². The van der Waals surface area contributed by atoms with Gasteiger partial charge in [0, 0.05) is 5.69 Å². The van der Waals surface area contributed by atoms with Crippen LogP contribution < -0.4 is 11.1 Å². The van der Waals surface area contributed by atoms with E-state index in [2.05, 4.69) is 5.32 Å². The van der Waals surface area contributed by atoms with E-state index in [1.54, 1.807) is 6.08 Å². The molecule has 18 heavy (non-hydrogen) atoms. The van der Waals surface area contributed by atoms with Crippen LogP contribution in [-0.4, -0.2) is 11.8 Å². The number of allylic oxidation sites excluding steroid dienone is 1. The predicted octanol–water partition coefficient (Wildman–Crippen LogP) is 1.69. The maximum absolute atomic E-state index is 12.1. The van der Waals surface area contributed by atoms with Crippen LogP contribution in [0.1, 0.15) is 12.8 Å². The van der Waals surface area contributed by atoms with E-state index in [0.29, 0.717) is 6.42 Å². The molecule has 1 aromatic carbocycles. The van der Waals surface area contributed by atoms with E-state index in [1.807, 2.05) is 36.4 Å². The summed E-state index contributed by atoms with van der Waals surface area (Å²) in [6, 6.07) is 9.19. The zero-order valence-corrected chi connectivity index (χ0v) is 10.0. The minimum atomic E-state index is -0.462. The first-order valence-corrected chi connectivity index (χ1v) is 6.00. The van der Waals surface area contributed by atoms with Gasteiger partial charge in [-0.15, -0.1) is 0 Å². The Hall–Kier alpha value is -2.10. The highest BCUT2D eigenvalue weighted by Gasteiger charge is 2.31. The van der Waals surface area contributed by atoms with Crippen molar-refractivity contribution in [1.82, 2.24) is 0 Å². The average molecular weight is 244 g/mol. The molecule has 0 spiro atoms. The second kappa shape index (κ2) is 5.49. The molecule has 0 saturated heterocycles. The van der Waals surface area contributed by atoms with Crippen molar-refractivity contribution in [3.63, 3.8) is 0 Å². The Morgan fingerprint density at radius 3 is 2.61 bits per heavy atom. The standard InChI is InChI=1S/C14H16N2O2/c15-13(17)11-8-4-5-9-12(11)14(18)16-10-6-2-1-3-7-10/h1-3,5-7,9,11-12H,4,8H2,(H2,15,17)(H,16,18). The van der Waals surface area contributed by atoms with Crippen LogP contribution in [-0.2, 0) is 9.59 Å². The average Bonchev–Trinajstić information content (AvgIpc) is 2.40. The first-order valence-electron chi connectivity index (χ1n) is 6.00. The Labute approximate surface area is 106 Å². The van der Waals surface area contributed by atoms with Gasteiger partial charge in [0.05, 0.1) is 11.8 Å². The number of primary amides is 1. The lowest BCUT2D eigenvalue weighted by Gasteiger charge is -2.24. The molecule has 0 saturated carbocycles. The number of nitrogens with two attached hydrogens (primary N) is 1. The second-order valence-electron chi connectivity index (χ2n) is 4.40. The Morgan fingerprint density at radius 1 is 1.22 bits per heavy atom. The Kier molecular flexibility index (Phi) is 3.77. The second-order valence-corrected chi connectivity index (χ2v) is 4.40. The van der Waals surface area contributed by atoms with Crippen molar-refractivity contribution < 1.29 is 9.59 Å². The summed E-state index contributed by atoms with van der Waals surface area (Å²) in [7, 11) is 0. The van der Waals surface area contributed by atoms with Crippen LogP contribution in [0.5, 0.6) is 0 Å². The number of para-hydroxylation sites is 1. The monoisotopic (exact) mass is 244 g/mol. The van der Waals surface area contributed by atoms with Gasteiger partial charge in [0.15, 0.2) is 0 Å². The van der Waals surface area contributed by atoms with Crippen LogP contribution in [0.2, 0.25) is 0 Å². The van der Waals surface area contributed by atoms with Crippen molar-refractivity contribution in [3.05, 3.63) is 42.5 Å². The molecule has 0 radical (unpaired) electrons. The summed E-state index contributed by atoms with van der Waals surface area (Å²) in [6.45, 7) is 0. The van der Waals surface area contributed by atoms with Gasteiger partial charge in [-0.1, -0.05) is 30.4 Å². The minimum Gasteiger partial charge on any atom is -0.369 e. The van der Waals surface area contributed by atoms with E-state index in [0.717, 1.165) is 12.1 Å². The molecule has 1 aromatic rings. The molecule has 2 amide bonds. The van der Waals surface area contributed by atoms with Crippen LogP contribution in [0.25, 0.3) is 0 Å². The summed E-state index contributed by atoms with van der Waals surface area (Å²) in [6.07, 6.45) is 5.13. The number of rotatable bonds is 3. The molecule has 4 heteroatoms. The topological polar surface area (TPSA) is 72.2 Å². The summed E-state index contributed by atoms with van der Waals surface area (Å²) in [5, 5.41) is 2.80. The van der Waals surface area contributed by atoms with E-state index in [9.17, 15) is 9.59 Å². The van der Waals surface area contributed by atoms with Gasteiger partial charge in [0.1, 0.15) is 0 Å². The Morgan fingerprint density at radius 2 is 1.94 bits per heavy atom. The van der Waals surface area contributed by atoms with Crippen LogP contribution in [0, 0.1) is 11.8 Å². The lowest BCUT2D eigenvalue weighted by atomic mass is 9.83. The third-order valence-electron chi connectivity index (χ3n) is 3.13. The van der Waals surface area contributed by atoms with Crippen molar-refractivity contribution in [2.75, 3.05) is 5.32 Å². The fourth-order valence-electron chi connectivity index (χ4n) is 2.17. The van der Waals surface area contributed by atoms with Gasteiger partial charge in [-0.05, 0) is 25.0 Å². The van der Waals surface area contributed by atoms with Crippen molar-refractivity contribution in [2.45, 2.75) is 12.8 Å². The van der Waals surface area contributed by atoms with Crippen LogP contribution in [0.4, 0.5) is 5.69 Å². The molecule has 94 valence electrons. The van der Waals surface area contributed by atoms with Crippen LogP contribution >= 0.6 is 0 Å². The highest BCUT2D eigenvalue weighted by Crippen LogP contribution is 2.25. The molecule has 0 aliphatic heterocycles. The smallest absolute Gasteiger partial charge is 0.232 e. The summed E-state index contributed by atoms with van der Waals surface area (Å²) >= 11 is 0.